The van der Waals surface area contributed by atoms with Gasteiger partial charge in [-0.3, -0.25) is 0 Å². The van der Waals surface area contributed by atoms with E-state index in [1.165, 1.54) is 6.20 Å². The van der Waals surface area contributed by atoms with Crippen molar-refractivity contribution in [2.45, 2.75) is 24.2 Å². The minimum absolute atomic E-state index is 0.260. The molecule has 3 rings (SSSR count). The third-order valence-electron chi connectivity index (χ3n) is 3.99. The molecule has 0 saturated heterocycles. The molecule has 6 heteroatoms. The van der Waals surface area contributed by atoms with Crippen LogP contribution in [0.25, 0.3) is 11.1 Å². The summed E-state index contributed by atoms with van der Waals surface area (Å²) in [6.45, 7) is 0. The molecule has 2 aromatic rings. The molecule has 1 heterocycles. The predicted molar refractivity (Wildman–Crippen MR) is 84.4 cm³/mol. The predicted octanol–water partition coefficient (Wildman–Crippen LogP) is 3.86. The highest BCUT2D eigenvalue weighted by molar-refractivity contribution is 7.90. The van der Waals surface area contributed by atoms with Gasteiger partial charge in [0.2, 0.25) is 5.95 Å². The van der Waals surface area contributed by atoms with Crippen LogP contribution in [0.1, 0.15) is 30.4 Å². The fourth-order valence-electron chi connectivity index (χ4n) is 2.87. The number of rotatable bonds is 3. The normalized spacial score (nSPS) is 15.3. The summed E-state index contributed by atoms with van der Waals surface area (Å²) in [6, 6.07) is 7.80. The lowest BCUT2D eigenvalue weighted by molar-refractivity contribution is 0.479. The van der Waals surface area contributed by atoms with E-state index in [1.54, 1.807) is 24.3 Å². The second-order valence-corrected chi connectivity index (χ2v) is 7.62. The maximum Gasteiger partial charge on any atom is 0.248 e. The van der Waals surface area contributed by atoms with E-state index in [0.717, 1.165) is 48.3 Å². The number of benzene rings is 1. The number of aromatic nitrogens is 1. The van der Waals surface area contributed by atoms with E-state index in [1.807, 2.05) is 0 Å². The van der Waals surface area contributed by atoms with E-state index in [2.05, 4.69) is 4.98 Å². The van der Waals surface area contributed by atoms with Gasteiger partial charge in [-0.1, -0.05) is 12.1 Å². The zero-order valence-corrected chi connectivity index (χ0v) is 13.3. The number of allylic oxidation sites excluding steroid dienone is 2. The summed E-state index contributed by atoms with van der Waals surface area (Å²) < 4.78 is 49.5. The van der Waals surface area contributed by atoms with Gasteiger partial charge in [-0.15, -0.1) is 0 Å². The average Bonchev–Trinajstić information content (AvgIpc) is 2.99. The first-order chi connectivity index (χ1) is 10.9. The van der Waals surface area contributed by atoms with E-state index in [9.17, 15) is 17.2 Å². The summed E-state index contributed by atoms with van der Waals surface area (Å²) in [5, 5.41) is 0. The highest BCUT2D eigenvalue weighted by atomic mass is 32.2. The molecule has 0 radical (unpaired) electrons. The van der Waals surface area contributed by atoms with Crippen LogP contribution in [0.5, 0.6) is 0 Å². The van der Waals surface area contributed by atoms with Crippen LogP contribution < -0.4 is 0 Å². The Morgan fingerprint density at radius 3 is 2.17 bits per heavy atom. The minimum Gasteiger partial charge on any atom is -0.225 e. The topological polar surface area (TPSA) is 47.0 Å². The van der Waals surface area contributed by atoms with E-state index < -0.39 is 21.6 Å². The lowest BCUT2D eigenvalue weighted by Gasteiger charge is -2.09. The van der Waals surface area contributed by atoms with Gasteiger partial charge in [0, 0.05) is 12.5 Å². The first kappa shape index (κ1) is 15.8. The molecular weight excluding hydrogens is 320 g/mol. The smallest absolute Gasteiger partial charge is 0.225 e. The molecule has 0 saturated carbocycles. The maximum atomic E-state index is 13.4. The van der Waals surface area contributed by atoms with Gasteiger partial charge in [-0.25, -0.2) is 17.8 Å². The molecule has 23 heavy (non-hydrogen) atoms. The van der Waals surface area contributed by atoms with Crippen molar-refractivity contribution in [1.29, 1.82) is 0 Å². The Labute approximate surface area is 133 Å². The van der Waals surface area contributed by atoms with Crippen molar-refractivity contribution in [2.75, 3.05) is 6.26 Å². The van der Waals surface area contributed by atoms with Crippen LogP contribution in [0.3, 0.4) is 0 Å². The van der Waals surface area contributed by atoms with Gasteiger partial charge < -0.3 is 0 Å². The van der Waals surface area contributed by atoms with E-state index in [4.69, 9.17) is 0 Å². The van der Waals surface area contributed by atoms with E-state index >= 15 is 0 Å². The van der Waals surface area contributed by atoms with Crippen LogP contribution in [0, 0.1) is 11.8 Å². The number of hydrogen-bond acceptors (Lipinski definition) is 3. The van der Waals surface area contributed by atoms with Crippen LogP contribution >= 0.6 is 0 Å². The fraction of sp³-hybridized carbons (Fsp3) is 0.235. The first-order valence-electron chi connectivity index (χ1n) is 7.20. The largest absolute Gasteiger partial charge is 0.248 e. The summed E-state index contributed by atoms with van der Waals surface area (Å²) in [6.07, 6.45) is 4.99. The third kappa shape index (κ3) is 3.17. The molecule has 1 aromatic heterocycles. The standard InChI is InChI=1S/C17H15F2NO2S/c1-23(21,22)13-7-5-11(6-8-13)14-3-2-4-15(14)12-9-16(18)17(19)20-10-12/h5-10H,2-4H2,1H3. The third-order valence-corrected chi connectivity index (χ3v) is 5.12. The Kier molecular flexibility index (Phi) is 4.02. The quantitative estimate of drug-likeness (QED) is 0.800. The van der Waals surface area contributed by atoms with Gasteiger partial charge in [0.05, 0.1) is 4.90 Å². The first-order valence-corrected chi connectivity index (χ1v) is 9.09. The zero-order valence-electron chi connectivity index (χ0n) is 12.5. The molecular formula is C17H15F2NO2S. The number of nitrogens with zero attached hydrogens (tertiary/aromatic N) is 1. The Balaban J connectivity index is 2.04. The molecule has 0 aliphatic heterocycles. The van der Waals surface area contributed by atoms with Gasteiger partial charge in [0.1, 0.15) is 0 Å². The molecule has 0 fully saturated rings. The fourth-order valence-corrected chi connectivity index (χ4v) is 3.50. The lowest BCUT2D eigenvalue weighted by atomic mass is 9.98. The SMILES string of the molecule is CS(=O)(=O)c1ccc(C2=C(c3cnc(F)c(F)c3)CCC2)cc1. The molecule has 0 bridgehead atoms. The number of hydrogen-bond donors (Lipinski definition) is 0. The molecule has 0 spiro atoms. The summed E-state index contributed by atoms with van der Waals surface area (Å²) in [5.74, 6) is -2.07. The highest BCUT2D eigenvalue weighted by Gasteiger charge is 2.19. The molecule has 120 valence electrons. The average molecular weight is 335 g/mol. The second-order valence-electron chi connectivity index (χ2n) is 5.60. The molecule has 1 aromatic carbocycles. The van der Waals surface area contributed by atoms with Crippen molar-refractivity contribution < 1.29 is 17.2 Å². The van der Waals surface area contributed by atoms with Crippen molar-refractivity contribution in [3.63, 3.8) is 0 Å². The number of halogens is 2. The van der Waals surface area contributed by atoms with Crippen molar-refractivity contribution in [2.24, 2.45) is 0 Å². The van der Waals surface area contributed by atoms with Crippen LogP contribution in [0.2, 0.25) is 0 Å². The van der Waals surface area contributed by atoms with Crippen LogP contribution in [-0.2, 0) is 9.84 Å². The summed E-state index contributed by atoms with van der Waals surface area (Å²) >= 11 is 0. The van der Waals surface area contributed by atoms with Gasteiger partial charge >= 0.3 is 0 Å². The van der Waals surface area contributed by atoms with Gasteiger partial charge in [-0.05, 0) is 59.7 Å². The maximum absolute atomic E-state index is 13.4. The summed E-state index contributed by atoms with van der Waals surface area (Å²) in [5.41, 5.74) is 3.43. The molecule has 3 nitrogen and oxygen atoms in total. The van der Waals surface area contributed by atoms with E-state index in [0.29, 0.717) is 5.56 Å². The molecule has 0 unspecified atom stereocenters. The molecule has 0 amide bonds. The van der Waals surface area contributed by atoms with Crippen molar-refractivity contribution in [3.8, 4) is 0 Å². The molecule has 1 aliphatic carbocycles. The number of sulfone groups is 1. The van der Waals surface area contributed by atoms with Crippen LogP contribution in [0.15, 0.2) is 41.4 Å². The molecule has 0 atom stereocenters. The number of pyridine rings is 1. The van der Waals surface area contributed by atoms with Gasteiger partial charge in [0.15, 0.2) is 15.7 Å². The Hall–Kier alpha value is -2.08. The summed E-state index contributed by atoms with van der Waals surface area (Å²) in [7, 11) is -3.24. The Bertz CT molecular complexity index is 887. The van der Waals surface area contributed by atoms with Gasteiger partial charge in [-0.2, -0.15) is 4.39 Å². The molecule has 0 N–H and O–H groups in total. The Morgan fingerprint density at radius 2 is 1.61 bits per heavy atom. The second kappa shape index (κ2) is 5.85. The van der Waals surface area contributed by atoms with E-state index in [-0.39, 0.29) is 4.90 Å². The van der Waals surface area contributed by atoms with Crippen molar-refractivity contribution in [1.82, 2.24) is 4.98 Å². The zero-order chi connectivity index (χ0) is 16.6. The minimum atomic E-state index is -3.24. The van der Waals surface area contributed by atoms with Crippen LogP contribution in [0.4, 0.5) is 8.78 Å². The van der Waals surface area contributed by atoms with Gasteiger partial charge in [0.25, 0.3) is 0 Å². The monoisotopic (exact) mass is 335 g/mol. The Morgan fingerprint density at radius 1 is 1.00 bits per heavy atom. The molecule has 1 aliphatic rings. The summed E-state index contributed by atoms with van der Waals surface area (Å²) in [4.78, 5) is 3.70. The highest BCUT2D eigenvalue weighted by Crippen LogP contribution is 2.39. The van der Waals surface area contributed by atoms with Crippen molar-refractivity contribution >= 4 is 21.0 Å². The lowest BCUT2D eigenvalue weighted by Crippen LogP contribution is -1.97. The van der Waals surface area contributed by atoms with Crippen LogP contribution in [-0.4, -0.2) is 19.7 Å². The van der Waals surface area contributed by atoms with Crippen molar-refractivity contribution in [3.05, 3.63) is 59.4 Å².